The molecule has 0 N–H and O–H groups in total. The first-order valence-corrected chi connectivity index (χ1v) is 6.69. The third kappa shape index (κ3) is 3.92. The minimum Gasteiger partial charge on any atom is -0.459 e. The zero-order valence-electron chi connectivity index (χ0n) is 11.9. The van der Waals surface area contributed by atoms with Crippen LogP contribution in [0.25, 0.3) is 0 Å². The number of carbonyl (C=O) groups excluding carboxylic acids is 1. The first-order chi connectivity index (χ1) is 9.50. The monoisotopic (exact) mass is 276 g/mol. The van der Waals surface area contributed by atoms with Crippen LogP contribution >= 0.6 is 0 Å². The third-order valence-electron chi connectivity index (χ3n) is 3.04. The summed E-state index contributed by atoms with van der Waals surface area (Å²) < 4.78 is 16.2. The lowest BCUT2D eigenvalue weighted by atomic mass is 10.1. The molecule has 0 bridgehead atoms. The predicted molar refractivity (Wildman–Crippen MR) is 75.5 cm³/mol. The van der Waals surface area contributed by atoms with Gasteiger partial charge in [0.2, 0.25) is 0 Å². The van der Waals surface area contributed by atoms with Crippen LogP contribution < -0.4 is 0 Å². The fourth-order valence-electron chi connectivity index (χ4n) is 2.04. The number of carbonyl (C=O) groups is 1. The Hall–Kier alpha value is -1.65. The minimum atomic E-state index is -0.594. The molecule has 20 heavy (non-hydrogen) atoms. The van der Waals surface area contributed by atoms with Crippen LogP contribution in [0.15, 0.2) is 36.9 Å². The van der Waals surface area contributed by atoms with Crippen LogP contribution in [0.2, 0.25) is 0 Å². The molecule has 1 atom stereocenters. The van der Waals surface area contributed by atoms with E-state index in [-0.39, 0.29) is 18.7 Å². The van der Waals surface area contributed by atoms with Crippen molar-refractivity contribution in [2.75, 3.05) is 13.2 Å². The molecule has 0 aliphatic carbocycles. The maximum absolute atomic E-state index is 11.9. The molecule has 1 aromatic rings. The van der Waals surface area contributed by atoms with Crippen molar-refractivity contribution in [3.05, 3.63) is 48.0 Å². The molecule has 1 aliphatic rings. The van der Waals surface area contributed by atoms with Gasteiger partial charge in [0.05, 0.1) is 12.2 Å². The Bertz CT molecular complexity index is 476. The van der Waals surface area contributed by atoms with Crippen molar-refractivity contribution in [2.24, 2.45) is 0 Å². The van der Waals surface area contributed by atoms with Gasteiger partial charge < -0.3 is 14.2 Å². The molecule has 4 nitrogen and oxygen atoms in total. The number of hydrogen-bond donors (Lipinski definition) is 0. The number of benzene rings is 1. The highest BCUT2D eigenvalue weighted by Gasteiger charge is 2.33. The lowest BCUT2D eigenvalue weighted by molar-refractivity contribution is -0.142. The second kappa shape index (κ2) is 6.20. The SMILES string of the molecule is C=CCc1ccc(C(=O)OC[C@H]2COC(C)(C)O2)cc1. The Morgan fingerprint density at radius 1 is 1.45 bits per heavy atom. The van der Waals surface area contributed by atoms with Crippen LogP contribution in [0.3, 0.4) is 0 Å². The largest absolute Gasteiger partial charge is 0.459 e. The van der Waals surface area contributed by atoms with E-state index in [9.17, 15) is 4.79 Å². The molecule has 1 aliphatic heterocycles. The zero-order valence-corrected chi connectivity index (χ0v) is 11.9. The lowest BCUT2D eigenvalue weighted by Gasteiger charge is -2.17. The Labute approximate surface area is 119 Å². The summed E-state index contributed by atoms with van der Waals surface area (Å²) in [5.41, 5.74) is 1.65. The molecule has 1 saturated heterocycles. The molecule has 1 aromatic carbocycles. The number of hydrogen-bond acceptors (Lipinski definition) is 4. The highest BCUT2D eigenvalue weighted by molar-refractivity contribution is 5.89. The van der Waals surface area contributed by atoms with Gasteiger partial charge in [0.25, 0.3) is 0 Å². The summed E-state index contributed by atoms with van der Waals surface area (Å²) in [6.07, 6.45) is 2.42. The van der Waals surface area contributed by atoms with E-state index in [0.717, 1.165) is 12.0 Å². The Kier molecular flexibility index (Phi) is 4.57. The molecule has 0 spiro atoms. The van der Waals surface area contributed by atoms with Crippen LogP contribution in [0.1, 0.15) is 29.8 Å². The van der Waals surface area contributed by atoms with Crippen molar-refractivity contribution in [3.8, 4) is 0 Å². The van der Waals surface area contributed by atoms with Gasteiger partial charge in [-0.1, -0.05) is 18.2 Å². The maximum Gasteiger partial charge on any atom is 0.338 e. The van der Waals surface area contributed by atoms with E-state index in [1.807, 2.05) is 32.1 Å². The van der Waals surface area contributed by atoms with Gasteiger partial charge in [-0.15, -0.1) is 6.58 Å². The Balaban J connectivity index is 1.84. The predicted octanol–water partition coefficient (Wildman–Crippen LogP) is 2.72. The summed E-state index contributed by atoms with van der Waals surface area (Å²) in [6, 6.07) is 7.32. The lowest BCUT2D eigenvalue weighted by Crippen LogP contribution is -2.25. The third-order valence-corrected chi connectivity index (χ3v) is 3.04. The molecule has 1 heterocycles. The first kappa shape index (κ1) is 14.8. The average molecular weight is 276 g/mol. The van der Waals surface area contributed by atoms with Gasteiger partial charge in [0.15, 0.2) is 5.79 Å². The molecule has 0 saturated carbocycles. The highest BCUT2D eigenvalue weighted by atomic mass is 16.7. The normalized spacial score (nSPS) is 20.6. The van der Waals surface area contributed by atoms with E-state index in [1.165, 1.54) is 0 Å². The second-order valence-electron chi connectivity index (χ2n) is 5.24. The van der Waals surface area contributed by atoms with Crippen molar-refractivity contribution in [2.45, 2.75) is 32.2 Å². The fraction of sp³-hybridized carbons (Fsp3) is 0.438. The topological polar surface area (TPSA) is 44.8 Å². The minimum absolute atomic E-state index is 0.200. The number of allylic oxidation sites excluding steroid dienone is 1. The Morgan fingerprint density at radius 3 is 2.70 bits per heavy atom. The molecule has 0 amide bonds. The van der Waals surface area contributed by atoms with E-state index >= 15 is 0 Å². The van der Waals surface area contributed by atoms with Gasteiger partial charge in [-0.2, -0.15) is 0 Å². The number of esters is 1. The summed E-state index contributed by atoms with van der Waals surface area (Å²) in [5, 5.41) is 0. The summed E-state index contributed by atoms with van der Waals surface area (Å²) in [6.45, 7) is 8.01. The molecule has 108 valence electrons. The molecule has 0 aromatic heterocycles. The van der Waals surface area contributed by atoms with Gasteiger partial charge >= 0.3 is 5.97 Å². The van der Waals surface area contributed by atoms with E-state index in [0.29, 0.717) is 12.2 Å². The van der Waals surface area contributed by atoms with Gasteiger partial charge in [-0.25, -0.2) is 4.79 Å². The van der Waals surface area contributed by atoms with Gasteiger partial charge in [-0.3, -0.25) is 0 Å². The molecule has 1 fully saturated rings. The van der Waals surface area contributed by atoms with Gasteiger partial charge in [-0.05, 0) is 38.0 Å². The van der Waals surface area contributed by atoms with Crippen molar-refractivity contribution in [1.29, 1.82) is 0 Å². The molecule has 0 radical (unpaired) electrons. The molecule has 4 heteroatoms. The standard InChI is InChI=1S/C16H20O4/c1-4-5-12-6-8-13(9-7-12)15(17)18-10-14-11-19-16(2,3)20-14/h4,6-9,14H,1,5,10-11H2,2-3H3/t14-/m0/s1. The molecule has 2 rings (SSSR count). The van der Waals surface area contributed by atoms with Crippen molar-refractivity contribution < 1.29 is 19.0 Å². The second-order valence-corrected chi connectivity index (χ2v) is 5.24. The first-order valence-electron chi connectivity index (χ1n) is 6.69. The van der Waals surface area contributed by atoms with Crippen LogP contribution in [-0.4, -0.2) is 31.1 Å². The van der Waals surface area contributed by atoms with Crippen molar-refractivity contribution in [3.63, 3.8) is 0 Å². The average Bonchev–Trinajstić information content (AvgIpc) is 2.77. The molecular formula is C16H20O4. The van der Waals surface area contributed by atoms with Crippen LogP contribution in [0.5, 0.6) is 0 Å². The van der Waals surface area contributed by atoms with E-state index in [4.69, 9.17) is 14.2 Å². The van der Waals surface area contributed by atoms with Crippen LogP contribution in [0.4, 0.5) is 0 Å². The van der Waals surface area contributed by atoms with Gasteiger partial charge in [0.1, 0.15) is 12.7 Å². The zero-order chi connectivity index (χ0) is 14.6. The molecular weight excluding hydrogens is 256 g/mol. The number of ether oxygens (including phenoxy) is 3. The van der Waals surface area contributed by atoms with E-state index in [1.54, 1.807) is 12.1 Å². The summed E-state index contributed by atoms with van der Waals surface area (Å²) in [5.74, 6) is -0.938. The van der Waals surface area contributed by atoms with Crippen molar-refractivity contribution >= 4 is 5.97 Å². The fourth-order valence-corrected chi connectivity index (χ4v) is 2.04. The molecule has 0 unspecified atom stereocenters. The summed E-state index contributed by atoms with van der Waals surface area (Å²) in [7, 11) is 0. The van der Waals surface area contributed by atoms with Crippen molar-refractivity contribution in [1.82, 2.24) is 0 Å². The van der Waals surface area contributed by atoms with Crippen LogP contribution in [-0.2, 0) is 20.6 Å². The van der Waals surface area contributed by atoms with Gasteiger partial charge in [0, 0.05) is 0 Å². The smallest absolute Gasteiger partial charge is 0.338 e. The van der Waals surface area contributed by atoms with E-state index in [2.05, 4.69) is 6.58 Å². The van der Waals surface area contributed by atoms with Crippen LogP contribution in [0, 0.1) is 0 Å². The summed E-state index contributed by atoms with van der Waals surface area (Å²) >= 11 is 0. The highest BCUT2D eigenvalue weighted by Crippen LogP contribution is 2.22. The maximum atomic E-state index is 11.9. The Morgan fingerprint density at radius 2 is 2.15 bits per heavy atom. The summed E-state index contributed by atoms with van der Waals surface area (Å²) in [4.78, 5) is 11.9. The number of rotatable bonds is 5. The quantitative estimate of drug-likeness (QED) is 0.612. The van der Waals surface area contributed by atoms with E-state index < -0.39 is 5.79 Å².